The largest absolute Gasteiger partial charge is 0.340 e. The van der Waals surface area contributed by atoms with Gasteiger partial charge in [-0.05, 0) is 29.1 Å². The molecule has 148 valence electrons. The molecule has 0 aliphatic heterocycles. The van der Waals surface area contributed by atoms with Gasteiger partial charge in [0.05, 0.1) is 11.7 Å². The number of rotatable bonds is 5. The molecular formula is C20H15F2N3O2S2. The van der Waals surface area contributed by atoms with Gasteiger partial charge in [0.2, 0.25) is 5.91 Å². The van der Waals surface area contributed by atoms with Gasteiger partial charge in [-0.3, -0.25) is 14.2 Å². The lowest BCUT2D eigenvalue weighted by molar-refractivity contribution is -0.131. The van der Waals surface area contributed by atoms with Gasteiger partial charge in [0.25, 0.3) is 5.56 Å². The average molecular weight is 431 g/mol. The van der Waals surface area contributed by atoms with E-state index in [0.29, 0.717) is 15.8 Å². The molecule has 5 nitrogen and oxygen atoms in total. The molecule has 0 atom stereocenters. The molecule has 0 aliphatic rings. The summed E-state index contributed by atoms with van der Waals surface area (Å²) in [6, 6.07) is 7.34. The molecule has 0 saturated carbocycles. The number of halogens is 2. The van der Waals surface area contributed by atoms with Crippen LogP contribution in [0.3, 0.4) is 0 Å². The molecule has 4 aromatic rings. The zero-order chi connectivity index (χ0) is 20.5. The van der Waals surface area contributed by atoms with E-state index in [9.17, 15) is 18.4 Å². The molecule has 0 saturated heterocycles. The van der Waals surface area contributed by atoms with Crippen LogP contribution in [-0.4, -0.2) is 27.4 Å². The summed E-state index contributed by atoms with van der Waals surface area (Å²) in [5.74, 6) is -2.25. The second kappa shape index (κ2) is 7.84. The van der Waals surface area contributed by atoms with E-state index >= 15 is 0 Å². The van der Waals surface area contributed by atoms with Crippen LogP contribution in [-0.2, 0) is 17.9 Å². The number of aromatic nitrogens is 2. The highest BCUT2D eigenvalue weighted by Gasteiger charge is 2.17. The second-order valence-corrected chi connectivity index (χ2v) is 8.29. The molecule has 0 spiro atoms. The molecule has 1 amide bonds. The minimum absolute atomic E-state index is 0.0966. The van der Waals surface area contributed by atoms with Crippen molar-refractivity contribution in [2.24, 2.45) is 0 Å². The van der Waals surface area contributed by atoms with Gasteiger partial charge in [-0.25, -0.2) is 13.8 Å². The first kappa shape index (κ1) is 19.4. The minimum atomic E-state index is -0.965. The van der Waals surface area contributed by atoms with E-state index in [1.54, 1.807) is 7.05 Å². The highest BCUT2D eigenvalue weighted by Crippen LogP contribution is 2.33. The summed E-state index contributed by atoms with van der Waals surface area (Å²) in [4.78, 5) is 32.8. The lowest BCUT2D eigenvalue weighted by Gasteiger charge is -2.18. The van der Waals surface area contributed by atoms with Crippen molar-refractivity contribution in [2.45, 2.75) is 13.1 Å². The Bertz CT molecular complexity index is 1250. The summed E-state index contributed by atoms with van der Waals surface area (Å²) in [6.45, 7) is -0.0962. The topological polar surface area (TPSA) is 55.2 Å². The standard InChI is InChI=1S/C20H15F2N3O2S2/c1-24(8-12-4-5-14(21)15(22)7-12)17(26)9-25-11-23-19-18(20(25)27)13(10-29-19)16-3-2-6-28-16/h2-7,10-11H,8-9H2,1H3. The number of likely N-dealkylation sites (N-methyl/N-ethyl adjacent to an activating group) is 1. The summed E-state index contributed by atoms with van der Waals surface area (Å²) in [6.07, 6.45) is 1.36. The van der Waals surface area contributed by atoms with Gasteiger partial charge in [0, 0.05) is 29.4 Å². The number of amides is 1. The molecule has 3 aromatic heterocycles. The summed E-state index contributed by atoms with van der Waals surface area (Å²) in [7, 11) is 1.54. The summed E-state index contributed by atoms with van der Waals surface area (Å²) >= 11 is 2.92. The molecule has 3 heterocycles. The van der Waals surface area contributed by atoms with Crippen LogP contribution in [0.25, 0.3) is 20.7 Å². The minimum Gasteiger partial charge on any atom is -0.340 e. The monoisotopic (exact) mass is 431 g/mol. The van der Waals surface area contributed by atoms with E-state index in [1.165, 1.54) is 44.5 Å². The zero-order valence-corrected chi connectivity index (χ0v) is 16.9. The number of hydrogen-bond donors (Lipinski definition) is 0. The van der Waals surface area contributed by atoms with E-state index in [0.717, 1.165) is 22.6 Å². The van der Waals surface area contributed by atoms with Gasteiger partial charge in [-0.1, -0.05) is 12.1 Å². The Morgan fingerprint density at radius 2 is 2.03 bits per heavy atom. The van der Waals surface area contributed by atoms with Crippen molar-refractivity contribution in [1.82, 2.24) is 14.5 Å². The maximum Gasteiger partial charge on any atom is 0.263 e. The summed E-state index contributed by atoms with van der Waals surface area (Å²) < 4.78 is 27.7. The highest BCUT2D eigenvalue weighted by atomic mass is 32.1. The molecule has 0 fully saturated rings. The van der Waals surface area contributed by atoms with Crippen molar-refractivity contribution in [2.75, 3.05) is 7.05 Å². The Hall–Kier alpha value is -2.91. The molecule has 0 radical (unpaired) electrons. The average Bonchev–Trinajstić information content (AvgIpc) is 3.36. The van der Waals surface area contributed by atoms with Gasteiger partial charge in [0.15, 0.2) is 11.6 Å². The first-order chi connectivity index (χ1) is 13.9. The molecular weight excluding hydrogens is 416 g/mol. The van der Waals surface area contributed by atoms with E-state index < -0.39 is 11.6 Å². The normalized spacial score (nSPS) is 11.1. The molecule has 4 rings (SSSR count). The van der Waals surface area contributed by atoms with Crippen LogP contribution in [0.1, 0.15) is 5.56 Å². The predicted octanol–water partition coefficient (Wildman–Crippen LogP) is 4.12. The van der Waals surface area contributed by atoms with E-state index in [2.05, 4.69) is 4.98 Å². The van der Waals surface area contributed by atoms with Gasteiger partial charge in [-0.15, -0.1) is 22.7 Å². The lowest BCUT2D eigenvalue weighted by atomic mass is 10.2. The molecule has 0 N–H and O–H groups in total. The Morgan fingerprint density at radius 1 is 1.21 bits per heavy atom. The number of nitrogens with zero attached hydrogens (tertiary/aromatic N) is 3. The molecule has 0 aliphatic carbocycles. The molecule has 1 aromatic carbocycles. The number of benzene rings is 1. The van der Waals surface area contributed by atoms with Gasteiger partial charge < -0.3 is 4.90 Å². The summed E-state index contributed by atoms with van der Waals surface area (Å²) in [5.41, 5.74) is 0.988. The van der Waals surface area contributed by atoms with Crippen molar-refractivity contribution < 1.29 is 13.6 Å². The quantitative estimate of drug-likeness (QED) is 0.478. The first-order valence-corrected chi connectivity index (χ1v) is 10.4. The first-order valence-electron chi connectivity index (χ1n) is 8.62. The highest BCUT2D eigenvalue weighted by molar-refractivity contribution is 7.18. The fourth-order valence-electron chi connectivity index (χ4n) is 2.96. The van der Waals surface area contributed by atoms with Crippen LogP contribution >= 0.6 is 22.7 Å². The second-order valence-electron chi connectivity index (χ2n) is 6.48. The van der Waals surface area contributed by atoms with Gasteiger partial charge >= 0.3 is 0 Å². The zero-order valence-electron chi connectivity index (χ0n) is 15.3. The molecule has 29 heavy (non-hydrogen) atoms. The van der Waals surface area contributed by atoms with Crippen LogP contribution in [0.15, 0.2) is 52.2 Å². The maximum absolute atomic E-state index is 13.4. The van der Waals surface area contributed by atoms with Crippen molar-refractivity contribution >= 4 is 38.8 Å². The SMILES string of the molecule is CN(Cc1ccc(F)c(F)c1)C(=O)Cn1cnc2scc(-c3cccs3)c2c1=O. The van der Waals surface area contributed by atoms with Crippen molar-refractivity contribution in [3.05, 3.63) is 75.0 Å². The third-order valence-electron chi connectivity index (χ3n) is 4.48. The molecule has 0 bridgehead atoms. The third-order valence-corrected chi connectivity index (χ3v) is 6.27. The number of fused-ring (bicyclic) bond motifs is 1. The van der Waals surface area contributed by atoms with E-state index in [1.807, 2.05) is 22.9 Å². The van der Waals surface area contributed by atoms with Crippen molar-refractivity contribution in [1.29, 1.82) is 0 Å². The lowest BCUT2D eigenvalue weighted by Crippen LogP contribution is -2.33. The fourth-order valence-corrected chi connectivity index (χ4v) is 4.68. The Balaban J connectivity index is 1.57. The predicted molar refractivity (Wildman–Crippen MR) is 110 cm³/mol. The van der Waals surface area contributed by atoms with Crippen molar-refractivity contribution in [3.63, 3.8) is 0 Å². The number of carbonyl (C=O) groups excluding carboxylic acids is 1. The molecule has 9 heteroatoms. The number of hydrogen-bond acceptors (Lipinski definition) is 5. The smallest absolute Gasteiger partial charge is 0.263 e. The van der Waals surface area contributed by atoms with Crippen LogP contribution in [0.4, 0.5) is 8.78 Å². The number of carbonyl (C=O) groups is 1. The van der Waals surface area contributed by atoms with E-state index in [4.69, 9.17) is 0 Å². The number of thiophene rings is 2. The van der Waals surface area contributed by atoms with Gasteiger partial charge in [-0.2, -0.15) is 0 Å². The Labute approximate surface area is 172 Å². The van der Waals surface area contributed by atoms with E-state index in [-0.39, 0.29) is 24.6 Å². The maximum atomic E-state index is 13.4. The van der Waals surface area contributed by atoms with Crippen LogP contribution in [0.5, 0.6) is 0 Å². The van der Waals surface area contributed by atoms with Crippen molar-refractivity contribution in [3.8, 4) is 10.4 Å². The molecule has 0 unspecified atom stereocenters. The Kier molecular flexibility index (Phi) is 5.25. The fraction of sp³-hybridized carbons (Fsp3) is 0.150. The van der Waals surface area contributed by atoms with Crippen LogP contribution in [0, 0.1) is 11.6 Å². The summed E-state index contributed by atoms with van der Waals surface area (Å²) in [5, 5.41) is 4.33. The van der Waals surface area contributed by atoms with Gasteiger partial charge in [0.1, 0.15) is 11.4 Å². The third kappa shape index (κ3) is 3.83. The Morgan fingerprint density at radius 3 is 2.76 bits per heavy atom. The van der Waals surface area contributed by atoms with Crippen LogP contribution in [0.2, 0.25) is 0 Å². The van der Waals surface area contributed by atoms with Crippen LogP contribution < -0.4 is 5.56 Å².